The summed E-state index contributed by atoms with van der Waals surface area (Å²) in [6.45, 7) is 0. The Labute approximate surface area is 378 Å². The number of hydrogen-bond acceptors (Lipinski definition) is 3. The molecular weight excluding hydrogens is 803 g/mol. The lowest BCUT2D eigenvalue weighted by Gasteiger charge is -2.27. The van der Waals surface area contributed by atoms with Crippen molar-refractivity contribution in [3.05, 3.63) is 225 Å². The predicted octanol–water partition coefficient (Wildman–Crippen LogP) is 16.6. The van der Waals surface area contributed by atoms with E-state index in [0.717, 1.165) is 50.8 Å². The van der Waals surface area contributed by atoms with Gasteiger partial charge in [-0.05, 0) is 88.3 Å². The highest BCUT2D eigenvalue weighted by Gasteiger charge is 2.30. The summed E-state index contributed by atoms with van der Waals surface area (Å²) < 4.78 is 5.02. The Morgan fingerprint density at radius 3 is 1.41 bits per heavy atom. The molecule has 5 nitrogen and oxygen atoms in total. The molecule has 0 saturated carbocycles. The van der Waals surface area contributed by atoms with Crippen LogP contribution in [0.5, 0.6) is 0 Å². The van der Waals surface area contributed by atoms with Crippen LogP contribution in [0.25, 0.3) is 97.9 Å². The number of hydrogen-bond donors (Lipinski definition) is 0. The fourth-order valence-corrected chi connectivity index (χ4v) is 11.5. The van der Waals surface area contributed by atoms with E-state index in [9.17, 15) is 0 Å². The van der Waals surface area contributed by atoms with Gasteiger partial charge in [-0.1, -0.05) is 152 Å². The molecule has 0 N–H and O–H groups in total. The zero-order chi connectivity index (χ0) is 43.0. The van der Waals surface area contributed by atoms with Crippen LogP contribution in [0.3, 0.4) is 0 Å². The first-order valence-corrected chi connectivity index (χ1v) is 22.6. The first-order chi connectivity index (χ1) is 32.8. The molecule has 5 heterocycles. The van der Waals surface area contributed by atoms with E-state index in [2.05, 4.69) is 243 Å². The maximum absolute atomic E-state index is 5.64. The molecule has 0 spiro atoms. The van der Waals surface area contributed by atoms with Crippen LogP contribution in [0.2, 0.25) is 0 Å². The molecule has 0 aliphatic carbocycles. The van der Waals surface area contributed by atoms with Crippen molar-refractivity contribution in [2.24, 2.45) is 0 Å². The summed E-state index contributed by atoms with van der Waals surface area (Å²) in [4.78, 5) is 10.5. The molecule has 0 aliphatic heterocycles. The molecule has 5 aromatic heterocycles. The highest BCUT2D eigenvalue weighted by atomic mass is 15.2. The standard InChI is InChI=1S/C61H37N5/c1-5-21-40(22-6-1)63(41-23-7-2-8-24-41)50-34-18-32-47-46-31-17-33-48-55-56-52(37-62-61(55)66(57(46)48)58(47)50)65-59-49(35-38-19-13-16-30-45(38)54(56)59)53-44-29-15-14-20-39(44)36-51(60(53)65)64(42-25-9-3-10-26-42)43-27-11-4-12-28-43/h1-37H. The molecule has 5 heteroatoms. The molecule has 0 aliphatic rings. The maximum atomic E-state index is 5.64. The normalized spacial score (nSPS) is 12.2. The van der Waals surface area contributed by atoms with Crippen LogP contribution in [-0.4, -0.2) is 13.8 Å². The third kappa shape index (κ3) is 4.65. The van der Waals surface area contributed by atoms with Crippen molar-refractivity contribution >= 4 is 132 Å². The minimum Gasteiger partial charge on any atom is -0.308 e. The van der Waals surface area contributed by atoms with Gasteiger partial charge in [0.15, 0.2) is 0 Å². The number of para-hydroxylation sites is 6. The smallest absolute Gasteiger partial charge is 0.146 e. The van der Waals surface area contributed by atoms with Crippen LogP contribution >= 0.6 is 0 Å². The van der Waals surface area contributed by atoms with Crippen LogP contribution in [0.1, 0.15) is 0 Å². The lowest BCUT2D eigenvalue weighted by molar-refractivity contribution is 1.23. The summed E-state index contributed by atoms with van der Waals surface area (Å²) >= 11 is 0. The lowest BCUT2D eigenvalue weighted by Crippen LogP contribution is -2.11. The van der Waals surface area contributed by atoms with Gasteiger partial charge in [-0.15, -0.1) is 0 Å². The molecule has 66 heavy (non-hydrogen) atoms. The molecule has 0 atom stereocenters. The Hall–Kier alpha value is -8.93. The van der Waals surface area contributed by atoms with Gasteiger partial charge in [-0.3, -0.25) is 4.40 Å². The number of fused-ring (bicyclic) bond motifs is 17. The fourth-order valence-electron chi connectivity index (χ4n) is 11.5. The monoisotopic (exact) mass is 839 g/mol. The van der Waals surface area contributed by atoms with Crippen molar-refractivity contribution in [1.82, 2.24) is 13.8 Å². The molecule has 15 rings (SSSR count). The van der Waals surface area contributed by atoms with E-state index >= 15 is 0 Å². The summed E-state index contributed by atoms with van der Waals surface area (Å²) in [5.41, 5.74) is 13.4. The molecule has 0 bridgehead atoms. The number of nitrogens with zero attached hydrogens (tertiary/aromatic N) is 5. The second-order valence-electron chi connectivity index (χ2n) is 17.5. The van der Waals surface area contributed by atoms with Crippen molar-refractivity contribution in [2.75, 3.05) is 9.80 Å². The Balaban J connectivity index is 1.15. The molecule has 10 aromatic carbocycles. The molecule has 0 fully saturated rings. The van der Waals surface area contributed by atoms with Gasteiger partial charge in [0, 0.05) is 65.8 Å². The summed E-state index contributed by atoms with van der Waals surface area (Å²) in [5.74, 6) is 0. The highest BCUT2D eigenvalue weighted by Crippen LogP contribution is 2.53. The van der Waals surface area contributed by atoms with Crippen molar-refractivity contribution in [1.29, 1.82) is 0 Å². The van der Waals surface area contributed by atoms with Crippen LogP contribution in [0, 0.1) is 0 Å². The quantitative estimate of drug-likeness (QED) is 0.167. The minimum absolute atomic E-state index is 0.959. The zero-order valence-electron chi connectivity index (χ0n) is 35.6. The number of aromatic nitrogens is 3. The molecule has 0 amide bonds. The summed E-state index contributed by atoms with van der Waals surface area (Å²) in [6, 6.07) is 79.3. The van der Waals surface area contributed by atoms with E-state index in [1.165, 1.54) is 81.2 Å². The second-order valence-corrected chi connectivity index (χ2v) is 17.5. The average Bonchev–Trinajstić information content (AvgIpc) is 4.12. The Morgan fingerprint density at radius 2 is 0.788 bits per heavy atom. The van der Waals surface area contributed by atoms with Crippen molar-refractivity contribution < 1.29 is 0 Å². The van der Waals surface area contributed by atoms with Gasteiger partial charge < -0.3 is 14.2 Å². The van der Waals surface area contributed by atoms with Gasteiger partial charge in [0.2, 0.25) is 0 Å². The zero-order valence-corrected chi connectivity index (χ0v) is 35.6. The van der Waals surface area contributed by atoms with Crippen LogP contribution < -0.4 is 9.80 Å². The van der Waals surface area contributed by atoms with E-state index in [0.29, 0.717) is 0 Å². The maximum Gasteiger partial charge on any atom is 0.146 e. The predicted molar refractivity (Wildman–Crippen MR) is 278 cm³/mol. The molecule has 0 saturated heterocycles. The van der Waals surface area contributed by atoms with Gasteiger partial charge in [0.1, 0.15) is 5.65 Å². The van der Waals surface area contributed by atoms with Crippen LogP contribution in [-0.2, 0) is 0 Å². The van der Waals surface area contributed by atoms with E-state index in [1.807, 2.05) is 0 Å². The van der Waals surface area contributed by atoms with E-state index in [1.54, 1.807) is 0 Å². The first-order valence-electron chi connectivity index (χ1n) is 22.6. The number of anilines is 6. The van der Waals surface area contributed by atoms with Crippen LogP contribution in [0.15, 0.2) is 225 Å². The summed E-state index contributed by atoms with van der Waals surface area (Å²) in [5, 5.41) is 14.7. The van der Waals surface area contributed by atoms with Gasteiger partial charge in [-0.2, -0.15) is 0 Å². The van der Waals surface area contributed by atoms with E-state index in [4.69, 9.17) is 4.98 Å². The van der Waals surface area contributed by atoms with Crippen LogP contribution in [0.4, 0.5) is 34.1 Å². The first kappa shape index (κ1) is 35.5. The van der Waals surface area contributed by atoms with Gasteiger partial charge in [0.05, 0.1) is 45.2 Å². The fraction of sp³-hybridized carbons (Fsp3) is 0. The largest absolute Gasteiger partial charge is 0.308 e. The van der Waals surface area contributed by atoms with E-state index in [-0.39, 0.29) is 0 Å². The minimum atomic E-state index is 0.959. The highest BCUT2D eigenvalue weighted by molar-refractivity contribution is 6.41. The third-order valence-corrected chi connectivity index (χ3v) is 14.1. The lowest BCUT2D eigenvalue weighted by atomic mass is 9.96. The van der Waals surface area contributed by atoms with Crippen molar-refractivity contribution in [3.63, 3.8) is 0 Å². The molecule has 0 radical (unpaired) electrons. The second kappa shape index (κ2) is 13.3. The number of benzene rings is 10. The Bertz CT molecular complexity index is 4310. The Kier molecular flexibility index (Phi) is 7.16. The summed E-state index contributed by atoms with van der Waals surface area (Å²) in [7, 11) is 0. The van der Waals surface area contributed by atoms with E-state index < -0.39 is 0 Å². The van der Waals surface area contributed by atoms with Gasteiger partial charge >= 0.3 is 0 Å². The molecule has 306 valence electrons. The number of rotatable bonds is 6. The van der Waals surface area contributed by atoms with Crippen molar-refractivity contribution in [2.45, 2.75) is 0 Å². The van der Waals surface area contributed by atoms with Crippen molar-refractivity contribution in [3.8, 4) is 0 Å². The molecule has 15 aromatic rings. The van der Waals surface area contributed by atoms with Gasteiger partial charge in [0.25, 0.3) is 0 Å². The van der Waals surface area contributed by atoms with Gasteiger partial charge in [-0.25, -0.2) is 4.98 Å². The summed E-state index contributed by atoms with van der Waals surface area (Å²) in [6.07, 6.45) is 2.16. The topological polar surface area (TPSA) is 28.2 Å². The number of pyridine rings is 1. The third-order valence-electron chi connectivity index (χ3n) is 14.1. The molecule has 0 unspecified atom stereocenters. The average molecular weight is 840 g/mol. The Morgan fingerprint density at radius 1 is 0.303 bits per heavy atom. The molecular formula is C61H37N5. The SMILES string of the molecule is c1ccc(N(c2ccccc2)c2cc3ccccc3c3c4cc5ccccc5c5c6c7c8cccc9c%10cccc(N(c%11ccccc%11)c%11ccccc%11)c%10n(c7ncc6n(c23)c45)c98)cc1.